The molecule has 104 valence electrons. The van der Waals surface area contributed by atoms with Crippen molar-refractivity contribution < 1.29 is 17.0 Å². The van der Waals surface area contributed by atoms with Gasteiger partial charge in [-0.15, -0.1) is 0 Å². The molecular formula is C12H11N3O4S. The van der Waals surface area contributed by atoms with Gasteiger partial charge in [0.2, 0.25) is 0 Å². The number of aromatic nitrogens is 2. The largest absolute Gasteiger partial charge is 0.432 e. The lowest BCUT2D eigenvalue weighted by molar-refractivity contribution is 0.477. The molecule has 0 saturated heterocycles. The van der Waals surface area contributed by atoms with Gasteiger partial charge in [0.25, 0.3) is 0 Å². The van der Waals surface area contributed by atoms with Crippen LogP contribution < -0.4 is 8.91 Å². The molecule has 0 spiro atoms. The fourth-order valence-corrected chi connectivity index (χ4v) is 2.16. The van der Waals surface area contributed by atoms with Gasteiger partial charge in [0, 0.05) is 25.0 Å². The van der Waals surface area contributed by atoms with Gasteiger partial charge < -0.3 is 8.60 Å². The van der Waals surface area contributed by atoms with E-state index in [1.807, 2.05) is 6.20 Å². The van der Waals surface area contributed by atoms with Crippen molar-refractivity contribution in [3.8, 4) is 17.0 Å². The Hall–Kier alpha value is -2.32. The van der Waals surface area contributed by atoms with E-state index < -0.39 is 10.3 Å². The van der Waals surface area contributed by atoms with Crippen molar-refractivity contribution in [1.29, 1.82) is 0 Å². The Balaban J connectivity index is 1.87. The molecule has 1 N–H and O–H groups in total. The Morgan fingerprint density at radius 3 is 2.70 bits per heavy atom. The van der Waals surface area contributed by atoms with Gasteiger partial charge in [-0.05, 0) is 24.3 Å². The molecule has 7 nitrogen and oxygen atoms in total. The molecule has 0 saturated carbocycles. The molecule has 0 aliphatic heterocycles. The smallest absolute Gasteiger partial charge is 0.382 e. The van der Waals surface area contributed by atoms with Crippen molar-refractivity contribution in [3.05, 3.63) is 42.9 Å². The molecule has 3 rings (SSSR count). The standard InChI is InChI=1S/C12H11N3O4S/c1-13-20(16,17)19-10-4-2-9(3-5-10)11-8-15-6-7-18-12(15)14-11/h2-8,13H,1H3. The Labute approximate surface area is 115 Å². The first-order chi connectivity index (χ1) is 9.57. The van der Waals surface area contributed by atoms with E-state index >= 15 is 0 Å². The van der Waals surface area contributed by atoms with Gasteiger partial charge in [-0.2, -0.15) is 18.1 Å². The van der Waals surface area contributed by atoms with Crippen LogP contribution >= 0.6 is 0 Å². The molecule has 3 aromatic rings. The number of benzene rings is 1. The highest BCUT2D eigenvalue weighted by atomic mass is 32.2. The predicted octanol–water partition coefficient (Wildman–Crippen LogP) is 1.44. The van der Waals surface area contributed by atoms with Gasteiger partial charge in [-0.25, -0.2) is 0 Å². The molecular weight excluding hydrogens is 282 g/mol. The van der Waals surface area contributed by atoms with Crippen molar-refractivity contribution >= 4 is 16.1 Å². The van der Waals surface area contributed by atoms with E-state index in [-0.39, 0.29) is 5.75 Å². The lowest BCUT2D eigenvalue weighted by Gasteiger charge is -2.05. The number of nitrogens with one attached hydrogen (secondary N) is 1. The summed E-state index contributed by atoms with van der Waals surface area (Å²) in [7, 11) is -2.46. The zero-order valence-corrected chi connectivity index (χ0v) is 11.3. The SMILES string of the molecule is CNS(=O)(=O)Oc1ccc(-c2cn3ccoc3n2)cc1. The van der Waals surface area contributed by atoms with Crippen LogP contribution in [-0.2, 0) is 10.3 Å². The van der Waals surface area contributed by atoms with Crippen LogP contribution in [0, 0.1) is 0 Å². The minimum absolute atomic E-state index is 0.228. The first-order valence-electron chi connectivity index (χ1n) is 5.73. The highest BCUT2D eigenvalue weighted by Crippen LogP contribution is 2.22. The molecule has 0 radical (unpaired) electrons. The zero-order chi connectivity index (χ0) is 14.2. The molecule has 0 aliphatic rings. The fourth-order valence-electron chi connectivity index (χ4n) is 1.72. The van der Waals surface area contributed by atoms with Crippen LogP contribution in [0.2, 0.25) is 0 Å². The van der Waals surface area contributed by atoms with Gasteiger partial charge >= 0.3 is 16.1 Å². The lowest BCUT2D eigenvalue weighted by Crippen LogP contribution is -2.24. The quantitative estimate of drug-likeness (QED) is 0.786. The number of oxazole rings is 1. The molecule has 0 amide bonds. The minimum Gasteiger partial charge on any atom is -0.432 e. The number of imidazole rings is 1. The maximum absolute atomic E-state index is 11.2. The summed E-state index contributed by atoms with van der Waals surface area (Å²) < 4.78 is 36.3. The molecule has 0 aliphatic carbocycles. The van der Waals surface area contributed by atoms with Gasteiger partial charge in [0.1, 0.15) is 12.0 Å². The predicted molar refractivity (Wildman–Crippen MR) is 71.5 cm³/mol. The third-order valence-electron chi connectivity index (χ3n) is 2.70. The van der Waals surface area contributed by atoms with E-state index in [9.17, 15) is 8.42 Å². The van der Waals surface area contributed by atoms with Crippen LogP contribution in [0.4, 0.5) is 0 Å². The molecule has 0 bridgehead atoms. The summed E-state index contributed by atoms with van der Waals surface area (Å²) in [6.07, 6.45) is 5.12. The number of nitrogens with zero attached hydrogens (tertiary/aromatic N) is 2. The van der Waals surface area contributed by atoms with E-state index in [0.717, 1.165) is 11.3 Å². The molecule has 8 heteroatoms. The first-order valence-corrected chi connectivity index (χ1v) is 7.14. The summed E-state index contributed by atoms with van der Waals surface area (Å²) in [6, 6.07) is 6.57. The number of rotatable bonds is 4. The molecule has 0 fully saturated rings. The monoisotopic (exact) mass is 293 g/mol. The fraction of sp³-hybridized carbons (Fsp3) is 0.0833. The van der Waals surface area contributed by atoms with E-state index in [1.54, 1.807) is 41.1 Å². The summed E-state index contributed by atoms with van der Waals surface area (Å²) in [5, 5.41) is 0. The molecule has 0 unspecified atom stereocenters. The Morgan fingerprint density at radius 1 is 1.30 bits per heavy atom. The Morgan fingerprint density at radius 2 is 2.05 bits per heavy atom. The van der Waals surface area contributed by atoms with Crippen LogP contribution in [0.5, 0.6) is 5.75 Å². The van der Waals surface area contributed by atoms with Gasteiger partial charge in [0.05, 0.1) is 5.69 Å². The summed E-state index contributed by atoms with van der Waals surface area (Å²) in [5.41, 5.74) is 1.56. The first kappa shape index (κ1) is 12.7. The summed E-state index contributed by atoms with van der Waals surface area (Å²) in [5.74, 6) is 0.726. The maximum atomic E-state index is 11.2. The molecule has 2 heterocycles. The van der Waals surface area contributed by atoms with Crippen molar-refractivity contribution in [2.24, 2.45) is 0 Å². The zero-order valence-electron chi connectivity index (χ0n) is 10.5. The van der Waals surface area contributed by atoms with E-state index in [1.165, 1.54) is 7.05 Å². The van der Waals surface area contributed by atoms with Crippen molar-refractivity contribution in [1.82, 2.24) is 14.1 Å². The topological polar surface area (TPSA) is 85.8 Å². The van der Waals surface area contributed by atoms with E-state index in [2.05, 4.69) is 9.71 Å². The molecule has 2 aromatic heterocycles. The third-order valence-corrected chi connectivity index (χ3v) is 3.61. The van der Waals surface area contributed by atoms with Gasteiger partial charge in [-0.1, -0.05) is 0 Å². The number of hydrogen-bond donors (Lipinski definition) is 1. The molecule has 0 atom stereocenters. The van der Waals surface area contributed by atoms with Gasteiger partial charge in [-0.3, -0.25) is 4.40 Å². The average molecular weight is 293 g/mol. The number of hydrogen-bond acceptors (Lipinski definition) is 5. The van der Waals surface area contributed by atoms with E-state index in [4.69, 9.17) is 8.60 Å². The van der Waals surface area contributed by atoms with Crippen LogP contribution in [0.3, 0.4) is 0 Å². The molecule has 1 aromatic carbocycles. The van der Waals surface area contributed by atoms with Crippen LogP contribution in [0.25, 0.3) is 17.1 Å². The highest BCUT2D eigenvalue weighted by Gasteiger charge is 2.10. The van der Waals surface area contributed by atoms with Gasteiger partial charge in [0.15, 0.2) is 0 Å². The minimum atomic E-state index is -3.75. The van der Waals surface area contributed by atoms with E-state index in [0.29, 0.717) is 5.84 Å². The summed E-state index contributed by atoms with van der Waals surface area (Å²) in [6.45, 7) is 0. The highest BCUT2D eigenvalue weighted by molar-refractivity contribution is 7.85. The van der Waals surface area contributed by atoms with Crippen LogP contribution in [0.15, 0.2) is 47.3 Å². The second-order valence-corrected chi connectivity index (χ2v) is 5.47. The number of fused-ring (bicyclic) bond motifs is 1. The maximum Gasteiger partial charge on any atom is 0.382 e. The second-order valence-electron chi connectivity index (χ2n) is 3.98. The van der Waals surface area contributed by atoms with Crippen LogP contribution in [-0.4, -0.2) is 24.9 Å². The summed E-state index contributed by atoms with van der Waals surface area (Å²) in [4.78, 5) is 4.29. The Kier molecular flexibility index (Phi) is 2.96. The molecule has 20 heavy (non-hydrogen) atoms. The van der Waals surface area contributed by atoms with Crippen LogP contribution in [0.1, 0.15) is 0 Å². The Bertz CT molecular complexity index is 805. The third kappa shape index (κ3) is 2.38. The average Bonchev–Trinajstić information content (AvgIpc) is 3.00. The lowest BCUT2D eigenvalue weighted by atomic mass is 10.2. The van der Waals surface area contributed by atoms with Crippen molar-refractivity contribution in [2.45, 2.75) is 0 Å². The van der Waals surface area contributed by atoms with Crippen molar-refractivity contribution in [3.63, 3.8) is 0 Å². The van der Waals surface area contributed by atoms with Crippen molar-refractivity contribution in [2.75, 3.05) is 7.05 Å². The second kappa shape index (κ2) is 4.66. The normalized spacial score (nSPS) is 11.8. The summed E-state index contributed by atoms with van der Waals surface area (Å²) >= 11 is 0.